The van der Waals surface area contributed by atoms with Crippen LogP contribution in [0.5, 0.6) is 0 Å². The molecule has 1 N–H and O–H groups in total. The lowest BCUT2D eigenvalue weighted by atomic mass is 9.94. The Morgan fingerprint density at radius 1 is 1.33 bits per heavy atom. The Balaban J connectivity index is 2.05. The van der Waals surface area contributed by atoms with Gasteiger partial charge in [-0.2, -0.15) is 0 Å². The number of methoxy groups -OCH3 is 1. The van der Waals surface area contributed by atoms with Crippen molar-refractivity contribution in [3.8, 4) is 0 Å². The number of carboxylic acid groups (broad SMARTS) is 1. The van der Waals surface area contributed by atoms with Gasteiger partial charge < -0.3 is 24.4 Å². The molecule has 1 fully saturated rings. The number of amides is 1. The molecule has 3 rings (SSSR count). The average Bonchev–Trinajstić information content (AvgIpc) is 2.76. The SMILES string of the molecule is C=C1C=C(C)C=CN1/C(CC1CN(C(=O)OC)CCO1)=C(\C)c1c(C)cc(C(=O)O)cc1F. The van der Waals surface area contributed by atoms with E-state index in [4.69, 9.17) is 9.47 Å². The molecule has 8 heteroatoms. The maximum absolute atomic E-state index is 15.1. The average molecular weight is 457 g/mol. The molecule has 0 aromatic heterocycles. The lowest BCUT2D eigenvalue weighted by Crippen LogP contribution is -2.46. The summed E-state index contributed by atoms with van der Waals surface area (Å²) in [4.78, 5) is 26.8. The monoisotopic (exact) mass is 456 g/mol. The minimum absolute atomic E-state index is 0.103. The number of nitrogens with zero attached hydrogens (tertiary/aromatic N) is 2. The molecule has 2 heterocycles. The van der Waals surface area contributed by atoms with Crippen molar-refractivity contribution in [2.45, 2.75) is 33.3 Å². The molecule has 2 aliphatic rings. The molecule has 1 unspecified atom stereocenters. The van der Waals surface area contributed by atoms with Gasteiger partial charge in [-0.3, -0.25) is 0 Å². The summed E-state index contributed by atoms with van der Waals surface area (Å²) in [5.41, 5.74) is 3.89. The predicted octanol–water partition coefficient (Wildman–Crippen LogP) is 4.71. The van der Waals surface area contributed by atoms with Crippen molar-refractivity contribution >= 4 is 17.6 Å². The number of aryl methyl sites for hydroxylation is 1. The summed E-state index contributed by atoms with van der Waals surface area (Å²) in [7, 11) is 1.34. The van der Waals surface area contributed by atoms with Crippen LogP contribution >= 0.6 is 0 Å². The summed E-state index contributed by atoms with van der Waals surface area (Å²) in [5, 5.41) is 9.27. The van der Waals surface area contributed by atoms with Gasteiger partial charge in [0.25, 0.3) is 0 Å². The number of aromatic carboxylic acids is 1. The van der Waals surface area contributed by atoms with Crippen LogP contribution < -0.4 is 0 Å². The van der Waals surface area contributed by atoms with Gasteiger partial charge in [0.1, 0.15) is 5.82 Å². The van der Waals surface area contributed by atoms with Crippen molar-refractivity contribution in [1.29, 1.82) is 0 Å². The fraction of sp³-hybridized carbons (Fsp3) is 0.360. The Kier molecular flexibility index (Phi) is 7.38. The maximum atomic E-state index is 15.1. The Morgan fingerprint density at radius 3 is 2.67 bits per heavy atom. The van der Waals surface area contributed by atoms with Gasteiger partial charge >= 0.3 is 12.1 Å². The quantitative estimate of drug-likeness (QED) is 0.691. The van der Waals surface area contributed by atoms with Crippen LogP contribution in [0.4, 0.5) is 9.18 Å². The summed E-state index contributed by atoms with van der Waals surface area (Å²) in [6.07, 6.45) is 5.36. The number of morpholine rings is 1. The van der Waals surface area contributed by atoms with E-state index in [1.54, 1.807) is 18.7 Å². The minimum atomic E-state index is -1.18. The van der Waals surface area contributed by atoms with Gasteiger partial charge in [-0.25, -0.2) is 14.0 Å². The van der Waals surface area contributed by atoms with Crippen LogP contribution in [0.1, 0.15) is 41.8 Å². The van der Waals surface area contributed by atoms with Crippen LogP contribution in [0.2, 0.25) is 0 Å². The third-order valence-electron chi connectivity index (χ3n) is 5.82. The van der Waals surface area contributed by atoms with Gasteiger partial charge in [0.05, 0.1) is 31.9 Å². The van der Waals surface area contributed by atoms with Gasteiger partial charge in [-0.1, -0.05) is 6.58 Å². The van der Waals surface area contributed by atoms with Crippen molar-refractivity contribution in [1.82, 2.24) is 9.80 Å². The first-order valence-electron chi connectivity index (χ1n) is 10.6. The first kappa shape index (κ1) is 24.3. The Bertz CT molecular complexity index is 1050. The van der Waals surface area contributed by atoms with Crippen LogP contribution in [0.15, 0.2) is 54.0 Å². The lowest BCUT2D eigenvalue weighted by Gasteiger charge is -2.36. The zero-order valence-corrected chi connectivity index (χ0v) is 19.4. The molecule has 0 bridgehead atoms. The smallest absolute Gasteiger partial charge is 0.409 e. The topological polar surface area (TPSA) is 79.3 Å². The molecule has 33 heavy (non-hydrogen) atoms. The normalized spacial score (nSPS) is 19.2. The molecular weight excluding hydrogens is 427 g/mol. The predicted molar refractivity (Wildman–Crippen MR) is 123 cm³/mol. The molecular formula is C25H29FN2O5. The standard InChI is InChI=1S/C25H29FN2O5/c1-15-6-7-28(17(3)10-15)22(13-20-14-27(8-9-33-20)25(31)32-5)18(4)23-16(2)11-19(24(29)30)12-21(23)26/h6-7,10-12,20H,3,8-9,13-14H2,1-2,4-5H3,(H,29,30)/b22-18+. The number of hydrogen-bond acceptors (Lipinski definition) is 5. The van der Waals surface area contributed by atoms with Gasteiger partial charge in [0, 0.05) is 36.1 Å². The number of benzene rings is 1. The van der Waals surface area contributed by atoms with E-state index in [1.165, 1.54) is 13.2 Å². The van der Waals surface area contributed by atoms with Crippen LogP contribution in [0.3, 0.4) is 0 Å². The molecule has 2 aliphatic heterocycles. The molecule has 1 aromatic rings. The first-order valence-corrected chi connectivity index (χ1v) is 10.6. The number of rotatable bonds is 5. The second kappa shape index (κ2) is 10.0. The number of ether oxygens (including phenoxy) is 2. The summed E-state index contributed by atoms with van der Waals surface area (Å²) in [6, 6.07) is 2.50. The van der Waals surface area contributed by atoms with Crippen molar-refractivity contribution in [2.75, 3.05) is 26.8 Å². The molecule has 0 spiro atoms. The number of carbonyl (C=O) groups excluding carboxylic acids is 1. The molecule has 1 amide bonds. The molecule has 1 saturated heterocycles. The van der Waals surface area contributed by atoms with Gasteiger partial charge in [-0.15, -0.1) is 0 Å². The van der Waals surface area contributed by atoms with Crippen LogP contribution in [0.25, 0.3) is 5.57 Å². The van der Waals surface area contributed by atoms with Gasteiger partial charge in [0.15, 0.2) is 0 Å². The summed E-state index contributed by atoms with van der Waals surface area (Å²) >= 11 is 0. The zero-order valence-electron chi connectivity index (χ0n) is 19.4. The second-order valence-electron chi connectivity index (χ2n) is 8.21. The Hall–Kier alpha value is -3.39. The molecule has 0 aliphatic carbocycles. The Labute approximate surface area is 193 Å². The van der Waals surface area contributed by atoms with E-state index in [9.17, 15) is 14.7 Å². The number of hydrogen-bond donors (Lipinski definition) is 1. The van der Waals surface area contributed by atoms with E-state index in [1.807, 2.05) is 30.2 Å². The first-order chi connectivity index (χ1) is 15.6. The van der Waals surface area contributed by atoms with E-state index in [0.717, 1.165) is 17.3 Å². The summed E-state index contributed by atoms with van der Waals surface area (Å²) < 4.78 is 25.9. The Morgan fingerprint density at radius 2 is 2.06 bits per heavy atom. The van der Waals surface area contributed by atoms with Crippen molar-refractivity contribution in [2.24, 2.45) is 0 Å². The molecule has 1 atom stereocenters. The second-order valence-corrected chi connectivity index (χ2v) is 8.21. The van der Waals surface area contributed by atoms with E-state index >= 15 is 4.39 Å². The molecule has 176 valence electrons. The third-order valence-corrected chi connectivity index (χ3v) is 5.82. The number of halogens is 1. The highest BCUT2D eigenvalue weighted by Gasteiger charge is 2.29. The van der Waals surface area contributed by atoms with Crippen LogP contribution in [-0.4, -0.2) is 59.9 Å². The van der Waals surface area contributed by atoms with E-state index in [0.29, 0.717) is 48.5 Å². The molecule has 1 aromatic carbocycles. The van der Waals surface area contributed by atoms with Crippen molar-refractivity contribution in [3.63, 3.8) is 0 Å². The highest BCUT2D eigenvalue weighted by Crippen LogP contribution is 2.34. The third kappa shape index (κ3) is 5.34. The van der Waals surface area contributed by atoms with E-state index in [-0.39, 0.29) is 11.7 Å². The highest BCUT2D eigenvalue weighted by atomic mass is 19.1. The van der Waals surface area contributed by atoms with Gasteiger partial charge in [-0.05, 0) is 61.8 Å². The maximum Gasteiger partial charge on any atom is 0.409 e. The van der Waals surface area contributed by atoms with Crippen LogP contribution in [0, 0.1) is 12.7 Å². The summed E-state index contributed by atoms with van der Waals surface area (Å²) in [5.74, 6) is -1.79. The summed E-state index contributed by atoms with van der Waals surface area (Å²) in [6.45, 7) is 10.7. The largest absolute Gasteiger partial charge is 0.478 e. The van der Waals surface area contributed by atoms with E-state index < -0.39 is 17.9 Å². The van der Waals surface area contributed by atoms with Gasteiger partial charge in [0.2, 0.25) is 0 Å². The minimum Gasteiger partial charge on any atom is -0.478 e. The number of carbonyl (C=O) groups is 2. The van der Waals surface area contributed by atoms with Crippen LogP contribution in [-0.2, 0) is 9.47 Å². The van der Waals surface area contributed by atoms with Crippen molar-refractivity contribution in [3.05, 3.63) is 76.5 Å². The van der Waals surface area contributed by atoms with E-state index in [2.05, 4.69) is 6.58 Å². The lowest BCUT2D eigenvalue weighted by molar-refractivity contribution is -0.0252. The molecule has 7 nitrogen and oxygen atoms in total. The highest BCUT2D eigenvalue weighted by molar-refractivity contribution is 5.89. The number of allylic oxidation sites excluding steroid dienone is 4. The van der Waals surface area contributed by atoms with Crippen molar-refractivity contribution < 1.29 is 28.6 Å². The fourth-order valence-corrected chi connectivity index (χ4v) is 4.20. The zero-order chi connectivity index (χ0) is 24.3. The molecule has 0 radical (unpaired) electrons. The fourth-order valence-electron chi connectivity index (χ4n) is 4.20. The number of carboxylic acids is 1. The molecule has 0 saturated carbocycles.